The number of aromatic nitrogens is 2. The third-order valence-corrected chi connectivity index (χ3v) is 4.81. The topological polar surface area (TPSA) is 50.3 Å². The highest BCUT2D eigenvalue weighted by molar-refractivity contribution is 7.17. The first-order valence-electron chi connectivity index (χ1n) is 7.20. The lowest BCUT2D eigenvalue weighted by Crippen LogP contribution is -1.98. The van der Waals surface area contributed by atoms with Gasteiger partial charge in [0.05, 0.1) is 31.0 Å². The van der Waals surface area contributed by atoms with Gasteiger partial charge in [-0.1, -0.05) is 6.92 Å². The van der Waals surface area contributed by atoms with Gasteiger partial charge < -0.3 is 4.74 Å². The summed E-state index contributed by atoms with van der Waals surface area (Å²) < 4.78 is 7.36. The smallest absolute Gasteiger partial charge is 0.194 e. The molecule has 1 aromatic carbocycles. The van der Waals surface area contributed by atoms with E-state index in [1.165, 1.54) is 10.6 Å². The van der Waals surface area contributed by atoms with Gasteiger partial charge in [0.2, 0.25) is 0 Å². The van der Waals surface area contributed by atoms with E-state index in [1.54, 1.807) is 18.4 Å². The van der Waals surface area contributed by atoms with E-state index >= 15 is 0 Å². The molecule has 0 saturated heterocycles. The molecule has 3 rings (SSSR count). The Morgan fingerprint density at radius 1 is 1.27 bits per heavy atom. The van der Waals surface area contributed by atoms with E-state index in [2.05, 4.69) is 24.3 Å². The molecule has 0 N–H and O–H groups in total. The number of thiazole rings is 1. The van der Waals surface area contributed by atoms with Crippen LogP contribution >= 0.6 is 11.3 Å². The lowest BCUT2D eigenvalue weighted by molar-refractivity contribution is 0.415. The van der Waals surface area contributed by atoms with E-state index in [0.29, 0.717) is 6.42 Å². The summed E-state index contributed by atoms with van der Waals surface area (Å²) in [5.41, 5.74) is 4.13. The first kappa shape index (κ1) is 14.6. The normalized spacial score (nSPS) is 10.8. The zero-order chi connectivity index (χ0) is 15.7. The van der Waals surface area contributed by atoms with Crippen molar-refractivity contribution in [3.05, 3.63) is 40.5 Å². The van der Waals surface area contributed by atoms with Crippen LogP contribution < -0.4 is 4.74 Å². The Balaban J connectivity index is 2.22. The zero-order valence-corrected chi connectivity index (χ0v) is 13.7. The van der Waals surface area contributed by atoms with E-state index < -0.39 is 0 Å². The number of nitrogens with zero attached hydrogens (tertiary/aromatic N) is 3. The molecule has 112 valence electrons. The summed E-state index contributed by atoms with van der Waals surface area (Å²) in [5.74, 6) is 0.816. The van der Waals surface area contributed by atoms with Crippen molar-refractivity contribution in [2.24, 2.45) is 0 Å². The van der Waals surface area contributed by atoms with Gasteiger partial charge in [-0.25, -0.2) is 4.98 Å². The minimum Gasteiger partial charge on any atom is -0.497 e. The average molecular weight is 311 g/mol. The number of aryl methyl sites for hydroxylation is 2. The summed E-state index contributed by atoms with van der Waals surface area (Å²) in [5, 5.41) is 9.21. The van der Waals surface area contributed by atoms with Gasteiger partial charge in [0.25, 0.3) is 0 Å². The molecule has 0 aliphatic heterocycles. The summed E-state index contributed by atoms with van der Waals surface area (Å²) in [6.45, 7) is 4.25. The first-order chi connectivity index (χ1) is 10.7. The standard InChI is InChI=1S/C17H17N3OS/c1-4-14-11(2)22-17-19-16(15(9-10-18)20(14)17)12-5-7-13(21-3)8-6-12/h5-8H,4,9H2,1-3H3. The van der Waals surface area contributed by atoms with Crippen LogP contribution in [0.15, 0.2) is 24.3 Å². The van der Waals surface area contributed by atoms with Crippen molar-refractivity contribution in [1.29, 1.82) is 5.26 Å². The Morgan fingerprint density at radius 2 is 2.00 bits per heavy atom. The van der Waals surface area contributed by atoms with Crippen molar-refractivity contribution in [3.8, 4) is 23.1 Å². The molecule has 0 amide bonds. The Morgan fingerprint density at radius 3 is 2.59 bits per heavy atom. The summed E-state index contributed by atoms with van der Waals surface area (Å²) in [4.78, 5) is 7.01. The van der Waals surface area contributed by atoms with E-state index in [9.17, 15) is 5.26 Å². The minimum atomic E-state index is 0.353. The van der Waals surface area contributed by atoms with Crippen LogP contribution in [0.5, 0.6) is 5.75 Å². The predicted molar refractivity (Wildman–Crippen MR) is 88.5 cm³/mol. The molecule has 22 heavy (non-hydrogen) atoms. The van der Waals surface area contributed by atoms with Gasteiger partial charge in [0.15, 0.2) is 4.96 Å². The number of ether oxygens (including phenoxy) is 1. The third-order valence-electron chi connectivity index (χ3n) is 3.81. The van der Waals surface area contributed by atoms with Crippen LogP contribution in [0.25, 0.3) is 16.2 Å². The summed E-state index contributed by atoms with van der Waals surface area (Å²) in [6, 6.07) is 10.1. The fourth-order valence-corrected chi connectivity index (χ4v) is 3.83. The molecule has 0 saturated carbocycles. The number of methoxy groups -OCH3 is 1. The number of nitriles is 1. The molecule has 5 heteroatoms. The minimum absolute atomic E-state index is 0.353. The van der Waals surface area contributed by atoms with Gasteiger partial charge in [0.1, 0.15) is 5.75 Å². The highest BCUT2D eigenvalue weighted by Gasteiger charge is 2.19. The van der Waals surface area contributed by atoms with Gasteiger partial charge >= 0.3 is 0 Å². The van der Waals surface area contributed by atoms with Gasteiger partial charge in [-0.2, -0.15) is 5.26 Å². The van der Waals surface area contributed by atoms with Crippen LogP contribution in [-0.2, 0) is 12.8 Å². The molecule has 4 nitrogen and oxygen atoms in total. The molecule has 2 heterocycles. The average Bonchev–Trinajstić information content (AvgIpc) is 3.03. The largest absolute Gasteiger partial charge is 0.497 e. The van der Waals surface area contributed by atoms with Crippen molar-refractivity contribution >= 4 is 16.3 Å². The van der Waals surface area contributed by atoms with Crippen molar-refractivity contribution < 1.29 is 4.74 Å². The second-order valence-corrected chi connectivity index (χ2v) is 6.23. The molecule has 0 atom stereocenters. The summed E-state index contributed by atoms with van der Waals surface area (Å²) in [7, 11) is 1.65. The maximum Gasteiger partial charge on any atom is 0.194 e. The van der Waals surface area contributed by atoms with E-state index in [-0.39, 0.29) is 0 Å². The van der Waals surface area contributed by atoms with Crippen molar-refractivity contribution in [2.75, 3.05) is 7.11 Å². The second-order valence-electron chi connectivity index (χ2n) is 5.05. The van der Waals surface area contributed by atoms with E-state index in [4.69, 9.17) is 9.72 Å². The molecule has 0 aliphatic carbocycles. The van der Waals surface area contributed by atoms with Gasteiger partial charge in [-0.15, -0.1) is 11.3 Å². The maximum absolute atomic E-state index is 9.21. The highest BCUT2D eigenvalue weighted by atomic mass is 32.1. The molecular weight excluding hydrogens is 294 g/mol. The van der Waals surface area contributed by atoms with Crippen LogP contribution in [0, 0.1) is 18.3 Å². The molecule has 3 aromatic rings. The molecule has 0 spiro atoms. The summed E-state index contributed by atoms with van der Waals surface area (Å²) >= 11 is 1.68. The number of rotatable bonds is 4. The lowest BCUT2D eigenvalue weighted by Gasteiger charge is -2.05. The molecule has 0 aliphatic rings. The molecule has 0 unspecified atom stereocenters. The van der Waals surface area contributed by atoms with Crippen LogP contribution in [0.2, 0.25) is 0 Å². The Hall–Kier alpha value is -2.32. The van der Waals surface area contributed by atoms with Crippen LogP contribution in [0.4, 0.5) is 0 Å². The Bertz CT molecular complexity index is 853. The van der Waals surface area contributed by atoms with E-state index in [0.717, 1.165) is 34.1 Å². The molecule has 2 aromatic heterocycles. The molecule has 0 fully saturated rings. The number of imidazole rings is 1. The molecule has 0 radical (unpaired) electrons. The second kappa shape index (κ2) is 5.82. The van der Waals surface area contributed by atoms with Gasteiger partial charge in [-0.3, -0.25) is 4.40 Å². The van der Waals surface area contributed by atoms with Gasteiger partial charge in [-0.05, 0) is 37.6 Å². The zero-order valence-electron chi connectivity index (χ0n) is 12.9. The van der Waals surface area contributed by atoms with Crippen LogP contribution in [-0.4, -0.2) is 16.5 Å². The Labute approximate surface area is 133 Å². The predicted octanol–water partition coefficient (Wildman–Crippen LogP) is 4.01. The molecule has 0 bridgehead atoms. The van der Waals surface area contributed by atoms with Crippen molar-refractivity contribution in [3.63, 3.8) is 0 Å². The lowest BCUT2D eigenvalue weighted by atomic mass is 10.1. The number of benzene rings is 1. The van der Waals surface area contributed by atoms with E-state index in [1.807, 2.05) is 24.3 Å². The molecular formula is C17H17N3OS. The number of hydrogen-bond acceptors (Lipinski definition) is 4. The maximum atomic E-state index is 9.21. The monoisotopic (exact) mass is 311 g/mol. The van der Waals surface area contributed by atoms with Crippen LogP contribution in [0.1, 0.15) is 23.2 Å². The number of hydrogen-bond donors (Lipinski definition) is 0. The Kier molecular flexibility index (Phi) is 3.86. The SMILES string of the molecule is CCc1c(C)sc2nc(-c3ccc(OC)cc3)c(CC#N)n12. The fourth-order valence-electron chi connectivity index (χ4n) is 2.76. The summed E-state index contributed by atoms with van der Waals surface area (Å²) in [6.07, 6.45) is 1.29. The quantitative estimate of drug-likeness (QED) is 0.731. The fraction of sp³-hybridized carbons (Fsp3) is 0.294. The van der Waals surface area contributed by atoms with Gasteiger partial charge in [0, 0.05) is 16.1 Å². The third kappa shape index (κ3) is 2.26. The first-order valence-corrected chi connectivity index (χ1v) is 8.02. The van der Waals surface area contributed by atoms with Crippen LogP contribution in [0.3, 0.4) is 0 Å². The highest BCUT2D eigenvalue weighted by Crippen LogP contribution is 2.32. The van der Waals surface area contributed by atoms with Crippen molar-refractivity contribution in [1.82, 2.24) is 9.38 Å². The number of fused-ring (bicyclic) bond motifs is 1. The van der Waals surface area contributed by atoms with Crippen molar-refractivity contribution in [2.45, 2.75) is 26.7 Å².